The Hall–Kier alpha value is -2.78. The van der Waals surface area contributed by atoms with Crippen LogP contribution < -0.4 is 15.1 Å². The van der Waals surface area contributed by atoms with Crippen molar-refractivity contribution in [2.75, 3.05) is 41.3 Å². The number of aliphatic hydroxyl groups is 1. The van der Waals surface area contributed by atoms with Gasteiger partial charge < -0.3 is 20.2 Å². The maximum Gasteiger partial charge on any atom is 0.274 e. The second kappa shape index (κ2) is 9.38. The lowest BCUT2D eigenvalue weighted by Gasteiger charge is -2.30. The van der Waals surface area contributed by atoms with Gasteiger partial charge >= 0.3 is 0 Å². The topological polar surface area (TPSA) is 86.5 Å². The number of nitrogens with one attached hydrogen (secondary N) is 1. The zero-order chi connectivity index (χ0) is 21.4. The maximum atomic E-state index is 13.1. The van der Waals surface area contributed by atoms with Gasteiger partial charge in [0.1, 0.15) is 11.5 Å². The van der Waals surface area contributed by atoms with Crippen molar-refractivity contribution in [3.8, 4) is 0 Å². The molecule has 0 spiro atoms. The van der Waals surface area contributed by atoms with Crippen LogP contribution in [0, 0.1) is 0 Å². The van der Waals surface area contributed by atoms with Gasteiger partial charge in [-0.15, -0.1) is 0 Å². The molecule has 0 bridgehead atoms. The predicted octanol–water partition coefficient (Wildman–Crippen LogP) is 2.89. The number of carbonyl (C=O) groups is 1. The first kappa shape index (κ1) is 22.4. The molecule has 5 rings (SSSR count). The molecule has 9 heteroatoms. The number of aliphatic hydroxyl groups excluding tert-OH is 1. The number of pyridine rings is 1. The molecule has 2 aliphatic heterocycles. The first-order chi connectivity index (χ1) is 15.1. The summed E-state index contributed by atoms with van der Waals surface area (Å²) in [5.41, 5.74) is 3.10. The zero-order valence-electron chi connectivity index (χ0n) is 18.3. The smallest absolute Gasteiger partial charge is 0.274 e. The molecule has 0 unspecified atom stereocenters. The molecule has 1 amide bonds. The molecule has 0 saturated carbocycles. The molecule has 2 saturated heterocycles. The number of anilines is 3. The number of hydrogen-bond donors (Lipinski definition) is 2. The normalized spacial score (nSPS) is 18.6. The van der Waals surface area contributed by atoms with Crippen LogP contribution >= 0.6 is 13.5 Å². The van der Waals surface area contributed by atoms with Gasteiger partial charge in [0, 0.05) is 44.8 Å². The van der Waals surface area contributed by atoms with Crippen LogP contribution in [0.1, 0.15) is 36.2 Å². The highest BCUT2D eigenvalue weighted by atomic mass is 32.1. The average Bonchev–Trinajstić information content (AvgIpc) is 3.38. The van der Waals surface area contributed by atoms with Crippen molar-refractivity contribution in [3.63, 3.8) is 0 Å². The van der Waals surface area contributed by atoms with Crippen LogP contribution in [0.3, 0.4) is 0 Å². The molecule has 2 aromatic heterocycles. The van der Waals surface area contributed by atoms with E-state index in [9.17, 15) is 9.90 Å². The quantitative estimate of drug-likeness (QED) is 0.631. The summed E-state index contributed by atoms with van der Waals surface area (Å²) in [5, 5.41) is 18.5. The Morgan fingerprint density at radius 3 is 2.69 bits per heavy atom. The minimum absolute atomic E-state index is 0. The number of carbonyl (C=O) groups excluding carboxylic acids is 1. The van der Waals surface area contributed by atoms with Crippen LogP contribution in [0.4, 0.5) is 17.2 Å². The summed E-state index contributed by atoms with van der Waals surface area (Å²) in [5.74, 6) is 0.492. The molecule has 32 heavy (non-hydrogen) atoms. The van der Waals surface area contributed by atoms with Gasteiger partial charge in [0.05, 0.1) is 23.0 Å². The largest absolute Gasteiger partial charge is 0.391 e. The van der Waals surface area contributed by atoms with Crippen LogP contribution in [0.5, 0.6) is 0 Å². The van der Waals surface area contributed by atoms with Crippen molar-refractivity contribution in [1.82, 2.24) is 14.8 Å². The van der Waals surface area contributed by atoms with Crippen LogP contribution in [0.25, 0.3) is 10.9 Å². The SMILES string of the molecule is Cn1cc2cc(NC(=O)c3cccc(N4CC[C@H](O)C4)n3)c(N3CCCCC3)cc2n1.S. The molecule has 8 nitrogen and oxygen atoms in total. The van der Waals surface area contributed by atoms with Gasteiger partial charge in [-0.2, -0.15) is 18.6 Å². The van der Waals surface area contributed by atoms with E-state index in [-0.39, 0.29) is 25.5 Å². The summed E-state index contributed by atoms with van der Waals surface area (Å²) in [6.07, 6.45) is 5.90. The number of β-amino-alcohol motifs (C(OH)–C–C–N with tert-alkyl or cyclic N) is 1. The number of aryl methyl sites for hydroxylation is 1. The minimum Gasteiger partial charge on any atom is -0.391 e. The molecular formula is C23H30N6O2S. The van der Waals surface area contributed by atoms with Gasteiger partial charge in [0.2, 0.25) is 0 Å². The second-order valence-corrected chi connectivity index (χ2v) is 8.50. The molecule has 2 N–H and O–H groups in total. The van der Waals surface area contributed by atoms with E-state index >= 15 is 0 Å². The molecule has 4 heterocycles. The number of rotatable bonds is 4. The summed E-state index contributed by atoms with van der Waals surface area (Å²) in [7, 11) is 1.91. The highest BCUT2D eigenvalue weighted by Crippen LogP contribution is 2.33. The lowest BCUT2D eigenvalue weighted by atomic mass is 10.1. The second-order valence-electron chi connectivity index (χ2n) is 8.50. The highest BCUT2D eigenvalue weighted by Gasteiger charge is 2.23. The van der Waals surface area contributed by atoms with Crippen molar-refractivity contribution in [2.45, 2.75) is 31.8 Å². The number of aromatic nitrogens is 3. The standard InChI is InChI=1S/C23H28N6O2.H2S/c1-27-14-16-12-20(21(13-19(16)26-27)28-9-3-2-4-10-28)25-23(31)18-6-5-7-22(24-18)29-11-8-17(30)15-29;/h5-7,12-14,17,30H,2-4,8-11,15H2,1H3,(H,25,31);1H2/t17-;/m0./s1. The third kappa shape index (κ3) is 4.54. The summed E-state index contributed by atoms with van der Waals surface area (Å²) < 4.78 is 1.80. The number of nitrogens with zero attached hydrogens (tertiary/aromatic N) is 5. The van der Waals surface area contributed by atoms with Crippen LogP contribution in [0.15, 0.2) is 36.5 Å². The van der Waals surface area contributed by atoms with Crippen LogP contribution in [-0.2, 0) is 7.05 Å². The predicted molar refractivity (Wildman–Crippen MR) is 132 cm³/mol. The third-order valence-electron chi connectivity index (χ3n) is 6.14. The molecule has 2 fully saturated rings. The number of hydrogen-bond acceptors (Lipinski definition) is 6. The number of amides is 1. The number of benzene rings is 1. The summed E-state index contributed by atoms with van der Waals surface area (Å²) in [6, 6.07) is 9.54. The third-order valence-corrected chi connectivity index (χ3v) is 6.14. The van der Waals surface area contributed by atoms with E-state index in [1.807, 2.05) is 36.3 Å². The van der Waals surface area contributed by atoms with E-state index in [4.69, 9.17) is 0 Å². The van der Waals surface area contributed by atoms with E-state index in [0.29, 0.717) is 12.2 Å². The highest BCUT2D eigenvalue weighted by molar-refractivity contribution is 7.59. The average molecular weight is 455 g/mol. The first-order valence-electron chi connectivity index (χ1n) is 11.0. The maximum absolute atomic E-state index is 13.1. The van der Waals surface area contributed by atoms with Crippen molar-refractivity contribution < 1.29 is 9.90 Å². The lowest BCUT2D eigenvalue weighted by molar-refractivity contribution is 0.102. The molecule has 1 aromatic carbocycles. The fourth-order valence-corrected chi connectivity index (χ4v) is 4.54. The van der Waals surface area contributed by atoms with Crippen LogP contribution in [-0.4, -0.2) is 58.1 Å². The zero-order valence-corrected chi connectivity index (χ0v) is 19.3. The molecule has 0 radical (unpaired) electrons. The van der Waals surface area contributed by atoms with Crippen molar-refractivity contribution in [1.29, 1.82) is 0 Å². The minimum atomic E-state index is -0.336. The number of fused-ring (bicyclic) bond motifs is 1. The van der Waals surface area contributed by atoms with Gasteiger partial charge in [0.25, 0.3) is 5.91 Å². The first-order valence-corrected chi connectivity index (χ1v) is 11.0. The van der Waals surface area contributed by atoms with Crippen molar-refractivity contribution in [3.05, 3.63) is 42.2 Å². The van der Waals surface area contributed by atoms with E-state index in [1.165, 1.54) is 6.42 Å². The van der Waals surface area contributed by atoms with Gasteiger partial charge in [0.15, 0.2) is 0 Å². The van der Waals surface area contributed by atoms with E-state index in [1.54, 1.807) is 10.7 Å². The molecule has 170 valence electrons. The fraction of sp³-hybridized carbons (Fsp3) is 0.435. The van der Waals surface area contributed by atoms with Crippen molar-refractivity contribution >= 4 is 47.5 Å². The van der Waals surface area contributed by atoms with E-state index in [0.717, 1.165) is 67.0 Å². The molecule has 1 atom stereocenters. The Morgan fingerprint density at radius 2 is 1.94 bits per heavy atom. The Balaban J connectivity index is 0.00000245. The monoisotopic (exact) mass is 454 g/mol. The van der Waals surface area contributed by atoms with Gasteiger partial charge in [-0.05, 0) is 49.9 Å². The van der Waals surface area contributed by atoms with E-state index in [2.05, 4.69) is 26.4 Å². The van der Waals surface area contributed by atoms with Crippen LogP contribution in [0.2, 0.25) is 0 Å². The Kier molecular flexibility index (Phi) is 6.57. The molecular weight excluding hydrogens is 424 g/mol. The summed E-state index contributed by atoms with van der Waals surface area (Å²) >= 11 is 0. The summed E-state index contributed by atoms with van der Waals surface area (Å²) in [4.78, 5) is 22.1. The Labute approximate surface area is 194 Å². The fourth-order valence-electron chi connectivity index (χ4n) is 4.54. The van der Waals surface area contributed by atoms with E-state index < -0.39 is 0 Å². The van der Waals surface area contributed by atoms with Gasteiger partial charge in [-0.25, -0.2) is 4.98 Å². The molecule has 3 aromatic rings. The number of piperidine rings is 1. The molecule has 2 aliphatic rings. The molecule has 0 aliphatic carbocycles. The van der Waals surface area contributed by atoms with Gasteiger partial charge in [-0.1, -0.05) is 6.07 Å². The Morgan fingerprint density at radius 1 is 1.12 bits per heavy atom. The summed E-state index contributed by atoms with van der Waals surface area (Å²) in [6.45, 7) is 3.25. The Bertz CT molecular complexity index is 1110. The van der Waals surface area contributed by atoms with Gasteiger partial charge in [-0.3, -0.25) is 9.48 Å². The lowest BCUT2D eigenvalue weighted by Crippen LogP contribution is -2.30. The van der Waals surface area contributed by atoms with Crippen molar-refractivity contribution in [2.24, 2.45) is 7.05 Å².